The molecule has 1 unspecified atom stereocenters. The van der Waals surface area contributed by atoms with Crippen molar-refractivity contribution < 1.29 is 9.13 Å². The standard InChI is InChI=1S/C14H18FN3O/c1-3-18-7-6-17-14(18)9-12(16)10-4-5-13(19-2)11(15)8-10/h4-8,12H,3,9,16H2,1-2H3. The van der Waals surface area contributed by atoms with Crippen LogP contribution in [-0.2, 0) is 13.0 Å². The van der Waals surface area contributed by atoms with E-state index in [9.17, 15) is 4.39 Å². The lowest BCUT2D eigenvalue weighted by Crippen LogP contribution is -2.16. The smallest absolute Gasteiger partial charge is 0.165 e. The molecule has 1 aromatic heterocycles. The maximum atomic E-state index is 13.6. The van der Waals surface area contributed by atoms with Crippen molar-refractivity contribution in [2.24, 2.45) is 5.73 Å². The monoisotopic (exact) mass is 263 g/mol. The number of methoxy groups -OCH3 is 1. The van der Waals surface area contributed by atoms with Crippen LogP contribution in [0.3, 0.4) is 0 Å². The van der Waals surface area contributed by atoms with E-state index in [4.69, 9.17) is 10.5 Å². The highest BCUT2D eigenvalue weighted by Gasteiger charge is 2.13. The molecule has 1 aromatic carbocycles. The summed E-state index contributed by atoms with van der Waals surface area (Å²) in [5.74, 6) is 0.742. The highest BCUT2D eigenvalue weighted by molar-refractivity contribution is 5.31. The zero-order chi connectivity index (χ0) is 13.8. The zero-order valence-electron chi connectivity index (χ0n) is 11.1. The molecule has 1 atom stereocenters. The molecule has 0 radical (unpaired) electrons. The summed E-state index contributed by atoms with van der Waals surface area (Å²) in [6, 6.07) is 4.51. The average Bonchev–Trinajstić information content (AvgIpc) is 2.85. The van der Waals surface area contributed by atoms with Gasteiger partial charge >= 0.3 is 0 Å². The number of rotatable bonds is 5. The van der Waals surface area contributed by atoms with Crippen LogP contribution in [-0.4, -0.2) is 16.7 Å². The fourth-order valence-electron chi connectivity index (χ4n) is 2.05. The predicted octanol–water partition coefficient (Wildman–Crippen LogP) is 2.29. The Labute approximate surface area is 112 Å². The lowest BCUT2D eigenvalue weighted by Gasteiger charge is -2.13. The minimum absolute atomic E-state index is 0.228. The Morgan fingerprint density at radius 2 is 2.26 bits per heavy atom. The van der Waals surface area contributed by atoms with Crippen molar-refractivity contribution in [2.45, 2.75) is 25.9 Å². The molecule has 5 heteroatoms. The third kappa shape index (κ3) is 2.93. The Morgan fingerprint density at radius 3 is 2.89 bits per heavy atom. The first-order chi connectivity index (χ1) is 9.15. The molecule has 4 nitrogen and oxygen atoms in total. The molecular formula is C14H18FN3O. The fraction of sp³-hybridized carbons (Fsp3) is 0.357. The van der Waals surface area contributed by atoms with Crippen molar-refractivity contribution in [1.29, 1.82) is 0 Å². The van der Waals surface area contributed by atoms with Crippen molar-refractivity contribution >= 4 is 0 Å². The van der Waals surface area contributed by atoms with Crippen LogP contribution < -0.4 is 10.5 Å². The molecule has 0 aliphatic carbocycles. The average molecular weight is 263 g/mol. The molecular weight excluding hydrogens is 245 g/mol. The van der Waals surface area contributed by atoms with E-state index in [0.29, 0.717) is 6.42 Å². The first-order valence-electron chi connectivity index (χ1n) is 6.24. The Morgan fingerprint density at radius 1 is 1.47 bits per heavy atom. The highest BCUT2D eigenvalue weighted by atomic mass is 19.1. The molecule has 0 fully saturated rings. The summed E-state index contributed by atoms with van der Waals surface area (Å²) in [7, 11) is 1.44. The van der Waals surface area contributed by atoms with Crippen LogP contribution in [0.2, 0.25) is 0 Å². The summed E-state index contributed by atoms with van der Waals surface area (Å²) in [6.07, 6.45) is 4.24. The Balaban J connectivity index is 2.16. The molecule has 1 heterocycles. The van der Waals surface area contributed by atoms with E-state index < -0.39 is 5.82 Å². The minimum Gasteiger partial charge on any atom is -0.494 e. The van der Waals surface area contributed by atoms with Gasteiger partial charge in [-0.1, -0.05) is 6.07 Å². The topological polar surface area (TPSA) is 53.1 Å². The summed E-state index contributed by atoms with van der Waals surface area (Å²) in [4.78, 5) is 4.27. The quantitative estimate of drug-likeness (QED) is 0.900. The van der Waals surface area contributed by atoms with Crippen LogP contribution in [0.15, 0.2) is 30.6 Å². The number of imidazole rings is 1. The van der Waals surface area contributed by atoms with Crippen LogP contribution in [0.1, 0.15) is 24.4 Å². The van der Waals surface area contributed by atoms with Crippen molar-refractivity contribution in [1.82, 2.24) is 9.55 Å². The number of ether oxygens (including phenoxy) is 1. The van der Waals surface area contributed by atoms with Crippen LogP contribution in [0.25, 0.3) is 0 Å². The molecule has 19 heavy (non-hydrogen) atoms. The van der Waals surface area contributed by atoms with Gasteiger partial charge in [-0.25, -0.2) is 9.37 Å². The van der Waals surface area contributed by atoms with E-state index >= 15 is 0 Å². The van der Waals surface area contributed by atoms with Gasteiger partial charge in [-0.05, 0) is 24.6 Å². The van der Waals surface area contributed by atoms with Gasteiger partial charge in [0.1, 0.15) is 5.82 Å². The first kappa shape index (κ1) is 13.5. The van der Waals surface area contributed by atoms with Gasteiger partial charge in [0.05, 0.1) is 7.11 Å². The molecule has 0 spiro atoms. The maximum absolute atomic E-state index is 13.6. The maximum Gasteiger partial charge on any atom is 0.165 e. The van der Waals surface area contributed by atoms with Crippen molar-refractivity contribution in [2.75, 3.05) is 7.11 Å². The van der Waals surface area contributed by atoms with Crippen LogP contribution >= 0.6 is 0 Å². The molecule has 102 valence electrons. The number of hydrogen-bond acceptors (Lipinski definition) is 3. The van der Waals surface area contributed by atoms with Crippen molar-refractivity contribution in [3.05, 3.63) is 47.8 Å². The zero-order valence-corrected chi connectivity index (χ0v) is 11.1. The van der Waals surface area contributed by atoms with Gasteiger partial charge in [0.25, 0.3) is 0 Å². The van der Waals surface area contributed by atoms with E-state index in [1.807, 2.05) is 17.7 Å². The van der Waals surface area contributed by atoms with E-state index in [2.05, 4.69) is 4.98 Å². The van der Waals surface area contributed by atoms with Crippen molar-refractivity contribution in [3.8, 4) is 5.75 Å². The molecule has 0 saturated carbocycles. The van der Waals surface area contributed by atoms with E-state index in [0.717, 1.165) is 17.9 Å². The van der Waals surface area contributed by atoms with E-state index in [1.165, 1.54) is 13.2 Å². The fourth-order valence-corrected chi connectivity index (χ4v) is 2.05. The highest BCUT2D eigenvalue weighted by Crippen LogP contribution is 2.22. The summed E-state index contributed by atoms with van der Waals surface area (Å²) >= 11 is 0. The van der Waals surface area contributed by atoms with Crippen LogP contribution in [0.5, 0.6) is 5.75 Å². The minimum atomic E-state index is -0.394. The Bertz CT molecular complexity index is 553. The molecule has 2 rings (SSSR count). The number of hydrogen-bond donors (Lipinski definition) is 1. The summed E-state index contributed by atoms with van der Waals surface area (Å²) in [5, 5.41) is 0. The lowest BCUT2D eigenvalue weighted by molar-refractivity contribution is 0.386. The van der Waals surface area contributed by atoms with Crippen LogP contribution in [0, 0.1) is 5.82 Å². The molecule has 0 aliphatic rings. The van der Waals surface area contributed by atoms with Gasteiger partial charge in [-0.2, -0.15) is 0 Å². The third-order valence-electron chi connectivity index (χ3n) is 3.15. The number of halogens is 1. The molecule has 0 saturated heterocycles. The number of nitrogens with zero attached hydrogens (tertiary/aromatic N) is 2. The Hall–Kier alpha value is -1.88. The van der Waals surface area contributed by atoms with E-state index in [1.54, 1.807) is 18.3 Å². The van der Waals surface area contributed by atoms with Crippen molar-refractivity contribution in [3.63, 3.8) is 0 Å². The third-order valence-corrected chi connectivity index (χ3v) is 3.15. The van der Waals surface area contributed by atoms with Gasteiger partial charge in [0, 0.05) is 31.4 Å². The normalized spacial score (nSPS) is 12.4. The predicted molar refractivity (Wildman–Crippen MR) is 71.5 cm³/mol. The number of aryl methyl sites for hydroxylation is 1. The first-order valence-corrected chi connectivity index (χ1v) is 6.24. The number of nitrogens with two attached hydrogens (primary N) is 1. The SMILES string of the molecule is CCn1ccnc1CC(N)c1ccc(OC)c(F)c1. The summed E-state index contributed by atoms with van der Waals surface area (Å²) in [5.41, 5.74) is 6.85. The van der Waals surface area contributed by atoms with Gasteiger partial charge in [-0.15, -0.1) is 0 Å². The van der Waals surface area contributed by atoms with Gasteiger partial charge in [0.2, 0.25) is 0 Å². The second-order valence-corrected chi connectivity index (χ2v) is 4.33. The summed E-state index contributed by atoms with van der Waals surface area (Å²) < 4.78 is 20.6. The Kier molecular flexibility index (Phi) is 4.16. The van der Waals surface area contributed by atoms with Gasteiger partial charge < -0.3 is 15.0 Å². The summed E-state index contributed by atoms with van der Waals surface area (Å²) in [6.45, 7) is 2.89. The second-order valence-electron chi connectivity index (χ2n) is 4.33. The largest absolute Gasteiger partial charge is 0.494 e. The molecule has 0 aliphatic heterocycles. The molecule has 2 aromatic rings. The molecule has 0 amide bonds. The van der Waals surface area contributed by atoms with Gasteiger partial charge in [-0.3, -0.25) is 0 Å². The lowest BCUT2D eigenvalue weighted by atomic mass is 10.0. The number of benzene rings is 1. The molecule has 0 bridgehead atoms. The van der Waals surface area contributed by atoms with E-state index in [-0.39, 0.29) is 11.8 Å². The molecule has 2 N–H and O–H groups in total. The van der Waals surface area contributed by atoms with Crippen LogP contribution in [0.4, 0.5) is 4.39 Å². The second kappa shape index (κ2) is 5.84. The van der Waals surface area contributed by atoms with Gasteiger partial charge in [0.15, 0.2) is 11.6 Å². The number of aromatic nitrogens is 2.